The van der Waals surface area contributed by atoms with Crippen LogP contribution in [0.5, 0.6) is 0 Å². The maximum absolute atomic E-state index is 12.4. The zero-order chi connectivity index (χ0) is 14.4. The Balaban J connectivity index is 1.88. The molecule has 1 atom stereocenters. The van der Waals surface area contributed by atoms with Gasteiger partial charge in [0.25, 0.3) is 0 Å². The molecule has 1 N–H and O–H groups in total. The molecular weight excluding hydrogens is 254 g/mol. The summed E-state index contributed by atoms with van der Waals surface area (Å²) in [5.41, 5.74) is -0.139. The van der Waals surface area contributed by atoms with Gasteiger partial charge in [0.15, 0.2) is 0 Å². The van der Waals surface area contributed by atoms with Crippen LogP contribution in [0.4, 0.5) is 0 Å². The number of amides is 1. The van der Waals surface area contributed by atoms with Crippen molar-refractivity contribution in [1.82, 2.24) is 4.90 Å². The molecule has 0 bridgehead atoms. The maximum atomic E-state index is 12.4. The third-order valence-electron chi connectivity index (χ3n) is 5.12. The molecule has 1 saturated carbocycles. The summed E-state index contributed by atoms with van der Waals surface area (Å²) in [4.78, 5) is 14.4. The molecule has 1 aliphatic heterocycles. The lowest BCUT2D eigenvalue weighted by Gasteiger charge is -2.42. The van der Waals surface area contributed by atoms with Crippen molar-refractivity contribution in [3.63, 3.8) is 0 Å². The van der Waals surface area contributed by atoms with E-state index in [4.69, 9.17) is 4.74 Å². The Morgan fingerprint density at radius 2 is 2.10 bits per heavy atom. The van der Waals surface area contributed by atoms with Crippen LogP contribution in [0.15, 0.2) is 0 Å². The van der Waals surface area contributed by atoms with Crippen molar-refractivity contribution in [3.05, 3.63) is 0 Å². The summed E-state index contributed by atoms with van der Waals surface area (Å²) in [6.45, 7) is 2.38. The van der Waals surface area contributed by atoms with Gasteiger partial charge in [0.05, 0.1) is 6.61 Å². The number of rotatable bonds is 6. The van der Waals surface area contributed by atoms with Crippen LogP contribution in [0.2, 0.25) is 0 Å². The fourth-order valence-electron chi connectivity index (χ4n) is 3.74. The summed E-state index contributed by atoms with van der Waals surface area (Å²) in [5, 5.41) is 9.76. The van der Waals surface area contributed by atoms with E-state index >= 15 is 0 Å². The lowest BCUT2D eigenvalue weighted by Crippen LogP contribution is -2.48. The number of ether oxygens (including phenoxy) is 1. The molecular formula is C16H29NO3. The maximum Gasteiger partial charge on any atom is 0.222 e. The molecule has 0 aromatic carbocycles. The summed E-state index contributed by atoms with van der Waals surface area (Å²) in [6, 6.07) is 0. The molecule has 4 nitrogen and oxygen atoms in total. The minimum absolute atomic E-state index is 0.139. The second-order valence-corrected chi connectivity index (χ2v) is 6.67. The SMILES string of the molecule is COCC[C@]1(CO)CCCN(C(=O)CC2CCCC2)C1. The third-order valence-corrected chi connectivity index (χ3v) is 5.12. The second kappa shape index (κ2) is 7.41. The molecule has 1 heterocycles. The van der Waals surface area contributed by atoms with Gasteiger partial charge in [0.2, 0.25) is 5.91 Å². The van der Waals surface area contributed by atoms with Gasteiger partial charge < -0.3 is 14.7 Å². The van der Waals surface area contributed by atoms with Crippen LogP contribution in [0.3, 0.4) is 0 Å². The topological polar surface area (TPSA) is 49.8 Å². The molecule has 0 aromatic heterocycles. The fraction of sp³-hybridized carbons (Fsp3) is 0.938. The van der Waals surface area contributed by atoms with Gasteiger partial charge in [-0.15, -0.1) is 0 Å². The van der Waals surface area contributed by atoms with Gasteiger partial charge in [0, 0.05) is 38.6 Å². The highest BCUT2D eigenvalue weighted by Gasteiger charge is 2.36. The van der Waals surface area contributed by atoms with Crippen molar-refractivity contribution < 1.29 is 14.6 Å². The van der Waals surface area contributed by atoms with Crippen molar-refractivity contribution in [2.24, 2.45) is 11.3 Å². The van der Waals surface area contributed by atoms with Crippen molar-refractivity contribution in [2.75, 3.05) is 33.4 Å². The Kier molecular flexibility index (Phi) is 5.85. The normalized spacial score (nSPS) is 28.0. The number of aliphatic hydroxyl groups is 1. The summed E-state index contributed by atoms with van der Waals surface area (Å²) < 4.78 is 5.16. The highest BCUT2D eigenvalue weighted by Crippen LogP contribution is 2.34. The van der Waals surface area contributed by atoms with E-state index in [0.29, 0.717) is 31.4 Å². The number of nitrogens with zero attached hydrogens (tertiary/aromatic N) is 1. The Morgan fingerprint density at radius 3 is 2.75 bits per heavy atom. The van der Waals surface area contributed by atoms with Crippen LogP contribution in [-0.4, -0.2) is 49.3 Å². The number of methoxy groups -OCH3 is 1. The quantitative estimate of drug-likeness (QED) is 0.813. The van der Waals surface area contributed by atoms with Crippen LogP contribution >= 0.6 is 0 Å². The number of hydrogen-bond donors (Lipinski definition) is 1. The number of hydrogen-bond acceptors (Lipinski definition) is 3. The molecule has 2 rings (SSSR count). The van der Waals surface area contributed by atoms with Gasteiger partial charge in [-0.05, 0) is 38.0 Å². The van der Waals surface area contributed by atoms with Gasteiger partial charge in [0.1, 0.15) is 0 Å². The van der Waals surface area contributed by atoms with E-state index in [1.54, 1.807) is 7.11 Å². The highest BCUT2D eigenvalue weighted by atomic mass is 16.5. The Labute approximate surface area is 122 Å². The first-order chi connectivity index (χ1) is 9.69. The molecule has 116 valence electrons. The van der Waals surface area contributed by atoms with E-state index in [1.165, 1.54) is 25.7 Å². The fourth-order valence-corrected chi connectivity index (χ4v) is 3.74. The van der Waals surface area contributed by atoms with E-state index in [1.807, 2.05) is 4.90 Å². The number of carbonyl (C=O) groups is 1. The molecule has 0 radical (unpaired) electrons. The van der Waals surface area contributed by atoms with Gasteiger partial charge in [-0.3, -0.25) is 4.79 Å². The summed E-state index contributed by atoms with van der Waals surface area (Å²) in [5.74, 6) is 0.902. The average Bonchev–Trinajstić information content (AvgIpc) is 2.98. The summed E-state index contributed by atoms with van der Waals surface area (Å²) >= 11 is 0. The predicted molar refractivity (Wildman–Crippen MR) is 78.4 cm³/mol. The first-order valence-corrected chi connectivity index (χ1v) is 8.07. The minimum atomic E-state index is -0.139. The molecule has 2 fully saturated rings. The van der Waals surface area contributed by atoms with E-state index in [9.17, 15) is 9.90 Å². The monoisotopic (exact) mass is 283 g/mol. The molecule has 1 aliphatic carbocycles. The van der Waals surface area contributed by atoms with Crippen LogP contribution in [0.25, 0.3) is 0 Å². The van der Waals surface area contributed by atoms with Crippen LogP contribution in [0.1, 0.15) is 51.4 Å². The molecule has 0 aromatic rings. The number of carbonyl (C=O) groups excluding carboxylic acids is 1. The Hall–Kier alpha value is -0.610. The molecule has 1 saturated heterocycles. The number of likely N-dealkylation sites (tertiary alicyclic amines) is 1. The molecule has 1 amide bonds. The van der Waals surface area contributed by atoms with E-state index in [-0.39, 0.29) is 12.0 Å². The van der Waals surface area contributed by atoms with Gasteiger partial charge >= 0.3 is 0 Å². The van der Waals surface area contributed by atoms with Gasteiger partial charge in [-0.1, -0.05) is 12.8 Å². The third kappa shape index (κ3) is 3.95. The lowest BCUT2D eigenvalue weighted by molar-refractivity contribution is -0.137. The first kappa shape index (κ1) is 15.8. The number of aliphatic hydroxyl groups excluding tert-OH is 1. The predicted octanol–water partition coefficient (Wildman–Crippen LogP) is 2.20. The lowest BCUT2D eigenvalue weighted by atomic mass is 9.78. The van der Waals surface area contributed by atoms with Crippen LogP contribution in [0, 0.1) is 11.3 Å². The van der Waals surface area contributed by atoms with Gasteiger partial charge in [-0.25, -0.2) is 0 Å². The second-order valence-electron chi connectivity index (χ2n) is 6.67. The summed E-state index contributed by atoms with van der Waals surface area (Å²) in [7, 11) is 1.69. The highest BCUT2D eigenvalue weighted by molar-refractivity contribution is 5.76. The standard InChI is InChI=1S/C16H29NO3/c1-20-10-8-16(13-18)7-4-9-17(12-16)15(19)11-14-5-2-3-6-14/h14,18H,2-13H2,1H3/t16-/m1/s1. The van der Waals surface area contributed by atoms with Crippen LogP contribution < -0.4 is 0 Å². The molecule has 2 aliphatic rings. The Morgan fingerprint density at radius 1 is 1.35 bits per heavy atom. The number of piperidine rings is 1. The van der Waals surface area contributed by atoms with E-state index < -0.39 is 0 Å². The molecule has 4 heteroatoms. The van der Waals surface area contributed by atoms with Gasteiger partial charge in [-0.2, -0.15) is 0 Å². The minimum Gasteiger partial charge on any atom is -0.396 e. The zero-order valence-electron chi connectivity index (χ0n) is 12.8. The van der Waals surface area contributed by atoms with E-state index in [0.717, 1.165) is 25.8 Å². The average molecular weight is 283 g/mol. The summed E-state index contributed by atoms with van der Waals surface area (Å²) in [6.07, 6.45) is 8.56. The molecule has 0 unspecified atom stereocenters. The Bertz CT molecular complexity index is 315. The van der Waals surface area contributed by atoms with Crippen molar-refractivity contribution >= 4 is 5.91 Å². The zero-order valence-corrected chi connectivity index (χ0v) is 12.8. The smallest absolute Gasteiger partial charge is 0.222 e. The molecule has 20 heavy (non-hydrogen) atoms. The van der Waals surface area contributed by atoms with E-state index in [2.05, 4.69) is 0 Å². The molecule has 0 spiro atoms. The van der Waals surface area contributed by atoms with Crippen molar-refractivity contribution in [1.29, 1.82) is 0 Å². The van der Waals surface area contributed by atoms with Crippen LogP contribution in [-0.2, 0) is 9.53 Å². The first-order valence-electron chi connectivity index (χ1n) is 8.07. The largest absolute Gasteiger partial charge is 0.396 e. The van der Waals surface area contributed by atoms with Crippen molar-refractivity contribution in [2.45, 2.75) is 51.4 Å². The van der Waals surface area contributed by atoms with Crippen molar-refractivity contribution in [3.8, 4) is 0 Å².